The minimum absolute atomic E-state index is 0.106. The molecule has 0 spiro atoms. The van der Waals surface area contributed by atoms with E-state index in [1.54, 1.807) is 19.2 Å². The van der Waals surface area contributed by atoms with Crippen molar-refractivity contribution in [1.29, 1.82) is 0 Å². The van der Waals surface area contributed by atoms with Gasteiger partial charge >= 0.3 is 0 Å². The summed E-state index contributed by atoms with van der Waals surface area (Å²) in [6.45, 7) is 3.89. The molecule has 1 saturated heterocycles. The lowest BCUT2D eigenvalue weighted by Crippen LogP contribution is -2.44. The molecule has 4 nitrogen and oxygen atoms in total. The summed E-state index contributed by atoms with van der Waals surface area (Å²) in [7, 11) is 1.63. The number of hydrogen-bond acceptors (Lipinski definition) is 4. The van der Waals surface area contributed by atoms with E-state index in [9.17, 15) is 13.9 Å². The highest BCUT2D eigenvalue weighted by molar-refractivity contribution is 5.45. The van der Waals surface area contributed by atoms with Gasteiger partial charge in [0.1, 0.15) is 11.6 Å². The molecule has 2 atom stereocenters. The van der Waals surface area contributed by atoms with Crippen LogP contribution in [-0.2, 0) is 10.3 Å². The number of benzene rings is 2. The van der Waals surface area contributed by atoms with Crippen molar-refractivity contribution < 1.29 is 23.4 Å². The van der Waals surface area contributed by atoms with Crippen molar-refractivity contribution in [3.05, 3.63) is 59.2 Å². The van der Waals surface area contributed by atoms with E-state index in [2.05, 4.69) is 5.32 Å². The molecule has 2 aromatic rings. The van der Waals surface area contributed by atoms with Gasteiger partial charge in [-0.15, -0.1) is 0 Å². The Labute approximate surface area is 177 Å². The first-order valence-corrected chi connectivity index (χ1v) is 10.6. The minimum Gasteiger partial charge on any atom is -0.454 e. The fourth-order valence-electron chi connectivity index (χ4n) is 4.23. The Morgan fingerprint density at radius 1 is 1.20 bits per heavy atom. The fourth-order valence-corrected chi connectivity index (χ4v) is 4.23. The van der Waals surface area contributed by atoms with Crippen LogP contribution in [0.4, 0.5) is 8.78 Å². The summed E-state index contributed by atoms with van der Waals surface area (Å²) >= 11 is 0. The summed E-state index contributed by atoms with van der Waals surface area (Å²) in [5, 5.41) is 15.2. The Hall–Kier alpha value is -2.02. The normalized spacial score (nSPS) is 18.8. The molecule has 0 radical (unpaired) electrons. The number of rotatable bonds is 9. The van der Waals surface area contributed by atoms with Gasteiger partial charge < -0.3 is 19.9 Å². The largest absolute Gasteiger partial charge is 0.454 e. The van der Waals surface area contributed by atoms with E-state index in [-0.39, 0.29) is 17.2 Å². The van der Waals surface area contributed by atoms with Gasteiger partial charge in [-0.3, -0.25) is 0 Å². The number of ether oxygens (including phenoxy) is 2. The molecule has 1 fully saturated rings. The van der Waals surface area contributed by atoms with Crippen LogP contribution in [0.5, 0.6) is 11.5 Å². The average molecular weight is 420 g/mol. The molecule has 1 heterocycles. The molecule has 0 bridgehead atoms. The topological polar surface area (TPSA) is 50.7 Å². The second-order valence-electron chi connectivity index (χ2n) is 8.05. The number of aryl methyl sites for hydroxylation is 1. The van der Waals surface area contributed by atoms with Gasteiger partial charge in [-0.2, -0.15) is 0 Å². The Balaban J connectivity index is 2.03. The molecule has 2 aromatic carbocycles. The Morgan fingerprint density at radius 3 is 2.70 bits per heavy atom. The SMILES string of the molecule is COCCCC[C@@](O)(c1cc(F)cc(F)c1Oc1ccccc1C)C1CCCNC1. The highest BCUT2D eigenvalue weighted by atomic mass is 19.1. The van der Waals surface area contributed by atoms with Gasteiger partial charge in [0, 0.05) is 37.8 Å². The molecular weight excluding hydrogens is 388 g/mol. The lowest BCUT2D eigenvalue weighted by atomic mass is 9.74. The third kappa shape index (κ3) is 5.17. The number of unbranched alkanes of at least 4 members (excludes halogenated alkanes) is 1. The van der Waals surface area contributed by atoms with Gasteiger partial charge in [0.2, 0.25) is 0 Å². The molecule has 3 rings (SSSR count). The number of methoxy groups -OCH3 is 1. The lowest BCUT2D eigenvalue weighted by Gasteiger charge is -2.40. The first-order valence-electron chi connectivity index (χ1n) is 10.6. The van der Waals surface area contributed by atoms with Crippen LogP contribution in [0.2, 0.25) is 0 Å². The summed E-state index contributed by atoms with van der Waals surface area (Å²) in [5.74, 6) is -1.33. The van der Waals surface area contributed by atoms with Crippen LogP contribution in [0.3, 0.4) is 0 Å². The zero-order chi connectivity index (χ0) is 21.6. The van der Waals surface area contributed by atoms with Crippen LogP contribution >= 0.6 is 0 Å². The highest BCUT2D eigenvalue weighted by Crippen LogP contribution is 2.45. The monoisotopic (exact) mass is 419 g/mol. The molecular formula is C24H31F2NO3. The smallest absolute Gasteiger partial charge is 0.169 e. The second-order valence-corrected chi connectivity index (χ2v) is 8.05. The molecule has 0 aromatic heterocycles. The van der Waals surface area contributed by atoms with Crippen LogP contribution in [0.25, 0.3) is 0 Å². The molecule has 1 unspecified atom stereocenters. The maximum atomic E-state index is 15.0. The third-order valence-corrected chi connectivity index (χ3v) is 5.91. The molecule has 2 N–H and O–H groups in total. The van der Waals surface area contributed by atoms with E-state index in [0.717, 1.165) is 37.4 Å². The number of hydrogen-bond donors (Lipinski definition) is 2. The average Bonchev–Trinajstić information content (AvgIpc) is 2.74. The van der Waals surface area contributed by atoms with E-state index >= 15 is 0 Å². The summed E-state index contributed by atoms with van der Waals surface area (Å²) < 4.78 is 40.3. The Morgan fingerprint density at radius 2 is 2.00 bits per heavy atom. The molecule has 6 heteroatoms. The van der Waals surface area contributed by atoms with Crippen LogP contribution in [0.15, 0.2) is 36.4 Å². The first-order chi connectivity index (χ1) is 14.5. The van der Waals surface area contributed by atoms with Crippen molar-refractivity contribution in [3.8, 4) is 11.5 Å². The van der Waals surface area contributed by atoms with E-state index in [1.165, 1.54) is 6.07 Å². The van der Waals surface area contributed by atoms with Gasteiger partial charge in [0.25, 0.3) is 0 Å². The summed E-state index contributed by atoms with van der Waals surface area (Å²) in [5.41, 5.74) is -0.410. The fraction of sp³-hybridized carbons (Fsp3) is 0.500. The molecule has 0 saturated carbocycles. The third-order valence-electron chi connectivity index (χ3n) is 5.91. The Bertz CT molecular complexity index is 839. The number of halogens is 2. The summed E-state index contributed by atoms with van der Waals surface area (Å²) in [4.78, 5) is 0. The molecule has 30 heavy (non-hydrogen) atoms. The standard InChI is InChI=1S/C24H31F2NO3/c1-17-8-3-4-10-22(17)30-23-20(14-19(25)15-21(23)26)24(28,11-5-6-13-29-2)18-9-7-12-27-16-18/h3-4,8,10,14-15,18,27-28H,5-7,9,11-13,16H2,1-2H3/t18?,24-/m0/s1. The Kier molecular flexibility index (Phi) is 7.81. The summed E-state index contributed by atoms with van der Waals surface area (Å²) in [6.07, 6.45) is 3.47. The minimum atomic E-state index is -1.41. The number of aliphatic hydroxyl groups is 1. The number of nitrogens with one attached hydrogen (secondary N) is 1. The molecule has 1 aliphatic heterocycles. The van der Waals surface area contributed by atoms with Crippen molar-refractivity contribution in [2.24, 2.45) is 5.92 Å². The number of piperidine rings is 1. The van der Waals surface area contributed by atoms with Crippen LogP contribution in [0.1, 0.15) is 43.2 Å². The zero-order valence-electron chi connectivity index (χ0n) is 17.7. The quantitative estimate of drug-likeness (QED) is 0.557. The van der Waals surface area contributed by atoms with E-state index in [1.807, 2.05) is 19.1 Å². The maximum absolute atomic E-state index is 15.0. The molecule has 0 aliphatic carbocycles. The van der Waals surface area contributed by atoms with Crippen molar-refractivity contribution in [3.63, 3.8) is 0 Å². The second kappa shape index (κ2) is 10.3. The first kappa shape index (κ1) is 22.7. The molecule has 0 amide bonds. The van der Waals surface area contributed by atoms with E-state index in [4.69, 9.17) is 9.47 Å². The van der Waals surface area contributed by atoms with Gasteiger partial charge in [-0.1, -0.05) is 18.2 Å². The predicted molar refractivity (Wildman–Crippen MR) is 113 cm³/mol. The van der Waals surface area contributed by atoms with Crippen molar-refractivity contribution >= 4 is 0 Å². The van der Waals surface area contributed by atoms with Crippen molar-refractivity contribution in [2.75, 3.05) is 26.8 Å². The van der Waals surface area contributed by atoms with Crippen molar-refractivity contribution in [1.82, 2.24) is 5.32 Å². The van der Waals surface area contributed by atoms with E-state index in [0.29, 0.717) is 31.7 Å². The zero-order valence-corrected chi connectivity index (χ0v) is 17.7. The highest BCUT2D eigenvalue weighted by Gasteiger charge is 2.42. The van der Waals surface area contributed by atoms with Crippen molar-refractivity contribution in [2.45, 2.75) is 44.6 Å². The van der Waals surface area contributed by atoms with E-state index < -0.39 is 17.2 Å². The predicted octanol–water partition coefficient (Wildman–Crippen LogP) is 5.07. The molecule has 1 aliphatic rings. The maximum Gasteiger partial charge on any atom is 0.169 e. The van der Waals surface area contributed by atoms with Gasteiger partial charge in [-0.25, -0.2) is 8.78 Å². The van der Waals surface area contributed by atoms with Crippen LogP contribution in [-0.4, -0.2) is 31.9 Å². The molecule has 164 valence electrons. The lowest BCUT2D eigenvalue weighted by molar-refractivity contribution is -0.0452. The van der Waals surface area contributed by atoms with Gasteiger partial charge in [-0.05, 0) is 63.3 Å². The summed E-state index contributed by atoms with van der Waals surface area (Å²) in [6, 6.07) is 9.29. The van der Waals surface area contributed by atoms with Crippen LogP contribution < -0.4 is 10.1 Å². The van der Waals surface area contributed by atoms with Gasteiger partial charge in [0.15, 0.2) is 11.6 Å². The van der Waals surface area contributed by atoms with Crippen LogP contribution in [0, 0.1) is 24.5 Å². The number of para-hydroxylation sites is 1. The van der Waals surface area contributed by atoms with Gasteiger partial charge in [0.05, 0.1) is 5.60 Å².